The zero-order valence-electron chi connectivity index (χ0n) is 8.82. The molecule has 0 aliphatic carbocycles. The van der Waals surface area contributed by atoms with E-state index in [1.165, 1.54) is 17.0 Å². The van der Waals surface area contributed by atoms with E-state index in [9.17, 15) is 9.59 Å². The Bertz CT molecular complexity index is 432. The summed E-state index contributed by atoms with van der Waals surface area (Å²) in [4.78, 5) is 23.6. The molecule has 0 spiro atoms. The summed E-state index contributed by atoms with van der Waals surface area (Å²) in [6.45, 7) is 0. The topological polar surface area (TPSA) is 69.6 Å². The van der Waals surface area contributed by atoms with Crippen molar-refractivity contribution in [2.45, 2.75) is 0 Å². The minimum atomic E-state index is -1.09. The van der Waals surface area contributed by atoms with Crippen LogP contribution in [0.25, 0.3) is 0 Å². The molecule has 0 unspecified atom stereocenters. The summed E-state index contributed by atoms with van der Waals surface area (Å²) in [5.41, 5.74) is 0.318. The lowest BCUT2D eigenvalue weighted by Crippen LogP contribution is -2.28. The third-order valence-electron chi connectivity index (χ3n) is 1.86. The van der Waals surface area contributed by atoms with E-state index in [1.54, 1.807) is 20.2 Å². The van der Waals surface area contributed by atoms with E-state index in [0.29, 0.717) is 4.47 Å². The maximum absolute atomic E-state index is 11.4. The fraction of sp³-hybridized carbons (Fsp3) is 0.200. The van der Waals surface area contributed by atoms with Crippen molar-refractivity contribution >= 4 is 33.6 Å². The standard InChI is InChI=1S/C10H11BrN2O3/c1-13(2)10(16)12-8-4-3-6(11)5-7(8)9(14)15/h3-5H,1-2H3,(H,12,16)(H,14,15). The first-order valence-corrected chi connectivity index (χ1v) is 5.22. The molecule has 2 amide bonds. The van der Waals surface area contributed by atoms with Crippen molar-refractivity contribution in [2.24, 2.45) is 0 Å². The van der Waals surface area contributed by atoms with Crippen molar-refractivity contribution < 1.29 is 14.7 Å². The number of carbonyl (C=O) groups excluding carboxylic acids is 1. The van der Waals surface area contributed by atoms with E-state index in [1.807, 2.05) is 0 Å². The van der Waals surface area contributed by atoms with Crippen molar-refractivity contribution in [3.8, 4) is 0 Å². The molecule has 0 atom stereocenters. The molecule has 1 aromatic rings. The number of carbonyl (C=O) groups is 2. The Hall–Kier alpha value is -1.56. The molecular weight excluding hydrogens is 276 g/mol. The summed E-state index contributed by atoms with van der Waals surface area (Å²) in [5, 5.41) is 11.5. The highest BCUT2D eigenvalue weighted by Gasteiger charge is 2.13. The summed E-state index contributed by atoms with van der Waals surface area (Å²) >= 11 is 3.17. The molecule has 0 fully saturated rings. The average Bonchev–Trinajstić information content (AvgIpc) is 2.20. The molecule has 5 nitrogen and oxygen atoms in total. The lowest BCUT2D eigenvalue weighted by atomic mass is 10.2. The van der Waals surface area contributed by atoms with Crippen LogP contribution in [0.1, 0.15) is 10.4 Å². The number of carboxylic acids is 1. The van der Waals surface area contributed by atoms with Crippen LogP contribution < -0.4 is 5.32 Å². The van der Waals surface area contributed by atoms with Crippen LogP contribution in [-0.4, -0.2) is 36.1 Å². The number of nitrogens with one attached hydrogen (secondary N) is 1. The second-order valence-corrected chi connectivity index (χ2v) is 4.24. The zero-order valence-corrected chi connectivity index (χ0v) is 10.4. The van der Waals surface area contributed by atoms with E-state index < -0.39 is 5.97 Å². The van der Waals surface area contributed by atoms with Crippen molar-refractivity contribution in [1.82, 2.24) is 4.90 Å². The number of nitrogens with zero attached hydrogens (tertiary/aromatic N) is 1. The number of halogens is 1. The Morgan fingerprint density at radius 2 is 2.00 bits per heavy atom. The molecule has 6 heteroatoms. The molecule has 0 heterocycles. The number of rotatable bonds is 2. The van der Waals surface area contributed by atoms with E-state index >= 15 is 0 Å². The van der Waals surface area contributed by atoms with Gasteiger partial charge in [0.15, 0.2) is 0 Å². The van der Waals surface area contributed by atoms with Gasteiger partial charge < -0.3 is 15.3 Å². The maximum Gasteiger partial charge on any atom is 0.337 e. The van der Waals surface area contributed by atoms with E-state index in [4.69, 9.17) is 5.11 Å². The van der Waals surface area contributed by atoms with Gasteiger partial charge in [0.25, 0.3) is 0 Å². The third kappa shape index (κ3) is 2.96. The molecule has 1 rings (SSSR count). The molecule has 2 N–H and O–H groups in total. The molecule has 0 bridgehead atoms. The first-order valence-electron chi connectivity index (χ1n) is 4.43. The molecular formula is C10H11BrN2O3. The lowest BCUT2D eigenvalue weighted by Gasteiger charge is -2.13. The van der Waals surface area contributed by atoms with Crippen LogP contribution in [0.2, 0.25) is 0 Å². The maximum atomic E-state index is 11.4. The Kier molecular flexibility index (Phi) is 3.89. The predicted molar refractivity (Wildman–Crippen MR) is 63.8 cm³/mol. The number of hydrogen-bond acceptors (Lipinski definition) is 2. The van der Waals surface area contributed by atoms with Gasteiger partial charge in [-0.1, -0.05) is 15.9 Å². The molecule has 0 saturated heterocycles. The minimum Gasteiger partial charge on any atom is -0.478 e. The van der Waals surface area contributed by atoms with Gasteiger partial charge in [0.1, 0.15) is 0 Å². The van der Waals surface area contributed by atoms with Crippen molar-refractivity contribution in [2.75, 3.05) is 19.4 Å². The highest BCUT2D eigenvalue weighted by Crippen LogP contribution is 2.21. The van der Waals surface area contributed by atoms with Crippen LogP contribution in [0.5, 0.6) is 0 Å². The highest BCUT2D eigenvalue weighted by molar-refractivity contribution is 9.10. The second kappa shape index (κ2) is 4.98. The van der Waals surface area contributed by atoms with Crippen LogP contribution in [-0.2, 0) is 0 Å². The van der Waals surface area contributed by atoms with E-state index in [0.717, 1.165) is 0 Å². The fourth-order valence-electron chi connectivity index (χ4n) is 1.03. The molecule has 1 aromatic carbocycles. The quantitative estimate of drug-likeness (QED) is 0.876. The van der Waals surface area contributed by atoms with E-state index in [2.05, 4.69) is 21.2 Å². The Labute approximate surface area is 101 Å². The summed E-state index contributed by atoms with van der Waals surface area (Å²) in [6.07, 6.45) is 0. The van der Waals surface area contributed by atoms with E-state index in [-0.39, 0.29) is 17.3 Å². The second-order valence-electron chi connectivity index (χ2n) is 3.32. The fourth-order valence-corrected chi connectivity index (χ4v) is 1.39. The van der Waals surface area contributed by atoms with Crippen molar-refractivity contribution in [1.29, 1.82) is 0 Å². The molecule has 86 valence electrons. The van der Waals surface area contributed by atoms with Gasteiger partial charge in [-0.15, -0.1) is 0 Å². The molecule has 0 aliphatic rings. The number of benzene rings is 1. The number of hydrogen-bond donors (Lipinski definition) is 2. The number of urea groups is 1. The first kappa shape index (κ1) is 12.5. The lowest BCUT2D eigenvalue weighted by molar-refractivity contribution is 0.0698. The Balaban J connectivity index is 3.04. The summed E-state index contributed by atoms with van der Waals surface area (Å²) in [6, 6.07) is 4.27. The number of amides is 2. The Morgan fingerprint density at radius 1 is 1.38 bits per heavy atom. The van der Waals surface area contributed by atoms with Crippen molar-refractivity contribution in [3.05, 3.63) is 28.2 Å². The molecule has 0 radical (unpaired) electrons. The van der Waals surface area contributed by atoms with Crippen LogP contribution in [0, 0.1) is 0 Å². The van der Waals surface area contributed by atoms with Crippen LogP contribution in [0.15, 0.2) is 22.7 Å². The minimum absolute atomic E-state index is 0.0459. The van der Waals surface area contributed by atoms with Gasteiger partial charge in [-0.2, -0.15) is 0 Å². The number of carboxylic acid groups (broad SMARTS) is 1. The van der Waals surface area contributed by atoms with Gasteiger partial charge in [-0.05, 0) is 18.2 Å². The van der Waals surface area contributed by atoms with Gasteiger partial charge in [0, 0.05) is 18.6 Å². The van der Waals surface area contributed by atoms with Crippen LogP contribution in [0.3, 0.4) is 0 Å². The van der Waals surface area contributed by atoms with Gasteiger partial charge in [-0.25, -0.2) is 9.59 Å². The predicted octanol–water partition coefficient (Wildman–Crippen LogP) is 2.24. The Morgan fingerprint density at radius 3 is 2.50 bits per heavy atom. The normalized spacial score (nSPS) is 9.69. The molecule has 0 aliphatic heterocycles. The SMILES string of the molecule is CN(C)C(=O)Nc1ccc(Br)cc1C(=O)O. The number of anilines is 1. The van der Waals surface area contributed by atoms with Gasteiger partial charge in [-0.3, -0.25) is 0 Å². The van der Waals surface area contributed by atoms with Crippen molar-refractivity contribution in [3.63, 3.8) is 0 Å². The largest absolute Gasteiger partial charge is 0.478 e. The zero-order chi connectivity index (χ0) is 12.3. The number of aromatic carboxylic acids is 1. The van der Waals surface area contributed by atoms with Gasteiger partial charge in [0.05, 0.1) is 11.3 Å². The van der Waals surface area contributed by atoms with Crippen LogP contribution >= 0.6 is 15.9 Å². The summed E-state index contributed by atoms with van der Waals surface area (Å²) in [5.74, 6) is -1.09. The highest BCUT2D eigenvalue weighted by atomic mass is 79.9. The summed E-state index contributed by atoms with van der Waals surface area (Å²) < 4.78 is 0.646. The molecule has 16 heavy (non-hydrogen) atoms. The van der Waals surface area contributed by atoms with Crippen LogP contribution in [0.4, 0.5) is 10.5 Å². The molecule has 0 aromatic heterocycles. The monoisotopic (exact) mass is 286 g/mol. The average molecular weight is 287 g/mol. The molecule has 0 saturated carbocycles. The summed E-state index contributed by atoms with van der Waals surface area (Å²) in [7, 11) is 3.16. The third-order valence-corrected chi connectivity index (χ3v) is 2.35. The smallest absolute Gasteiger partial charge is 0.337 e. The van der Waals surface area contributed by atoms with Gasteiger partial charge in [0.2, 0.25) is 0 Å². The first-order chi connectivity index (χ1) is 7.41. The van der Waals surface area contributed by atoms with Gasteiger partial charge >= 0.3 is 12.0 Å².